The summed E-state index contributed by atoms with van der Waals surface area (Å²) < 4.78 is 5.09. The maximum atomic E-state index is 9.07. The molecule has 12 heavy (non-hydrogen) atoms. The fourth-order valence-electron chi connectivity index (χ4n) is 1.36. The second kappa shape index (κ2) is 4.80. The van der Waals surface area contributed by atoms with Crippen molar-refractivity contribution >= 4 is 0 Å². The molecule has 1 aliphatic rings. The Labute approximate surface area is 74.1 Å². The van der Waals surface area contributed by atoms with Gasteiger partial charge in [-0.25, -0.2) is 0 Å². The van der Waals surface area contributed by atoms with E-state index in [2.05, 4.69) is 5.32 Å². The van der Waals surface area contributed by atoms with E-state index in [1.54, 1.807) is 14.0 Å². The molecule has 0 saturated heterocycles. The summed E-state index contributed by atoms with van der Waals surface area (Å²) in [6.45, 7) is 3.23. The molecular formula is C9H19NO2. The SMILES string of the molecule is COCC(NC[C@@H](C)O)C1CC1. The van der Waals surface area contributed by atoms with Crippen LogP contribution in [0.4, 0.5) is 0 Å². The zero-order chi connectivity index (χ0) is 8.97. The van der Waals surface area contributed by atoms with Gasteiger partial charge < -0.3 is 15.2 Å². The summed E-state index contributed by atoms with van der Waals surface area (Å²) >= 11 is 0. The van der Waals surface area contributed by atoms with E-state index in [9.17, 15) is 0 Å². The Bertz CT molecular complexity index is 124. The van der Waals surface area contributed by atoms with Gasteiger partial charge in [0.05, 0.1) is 12.7 Å². The highest BCUT2D eigenvalue weighted by molar-refractivity contribution is 4.86. The van der Waals surface area contributed by atoms with Gasteiger partial charge in [-0.3, -0.25) is 0 Å². The highest BCUT2D eigenvalue weighted by Gasteiger charge is 2.30. The number of aliphatic hydroxyl groups excluding tert-OH is 1. The molecule has 1 rings (SSSR count). The number of nitrogens with one attached hydrogen (secondary N) is 1. The number of hydrogen-bond donors (Lipinski definition) is 2. The lowest BCUT2D eigenvalue weighted by Gasteiger charge is -2.18. The molecule has 0 bridgehead atoms. The van der Waals surface area contributed by atoms with Gasteiger partial charge in [0.15, 0.2) is 0 Å². The Morgan fingerprint density at radius 3 is 2.67 bits per heavy atom. The predicted molar refractivity (Wildman–Crippen MR) is 48.1 cm³/mol. The van der Waals surface area contributed by atoms with Crippen LogP contribution in [0.5, 0.6) is 0 Å². The fraction of sp³-hybridized carbons (Fsp3) is 1.00. The summed E-state index contributed by atoms with van der Waals surface area (Å²) in [5.74, 6) is 0.781. The number of ether oxygens (including phenoxy) is 1. The van der Waals surface area contributed by atoms with Crippen LogP contribution in [0.3, 0.4) is 0 Å². The monoisotopic (exact) mass is 173 g/mol. The predicted octanol–water partition coefficient (Wildman–Crippen LogP) is 0.382. The molecule has 1 unspecified atom stereocenters. The standard InChI is InChI=1S/C9H19NO2/c1-7(11)5-10-9(6-12-2)8-3-4-8/h7-11H,3-6H2,1-2H3/t7-,9?/m1/s1. The van der Waals surface area contributed by atoms with Crippen molar-refractivity contribution in [1.29, 1.82) is 0 Å². The summed E-state index contributed by atoms with van der Waals surface area (Å²) in [6.07, 6.45) is 2.35. The maximum absolute atomic E-state index is 9.07. The van der Waals surface area contributed by atoms with Gasteiger partial charge in [-0.15, -0.1) is 0 Å². The minimum Gasteiger partial charge on any atom is -0.392 e. The van der Waals surface area contributed by atoms with E-state index in [4.69, 9.17) is 9.84 Å². The molecule has 0 heterocycles. The fourth-order valence-corrected chi connectivity index (χ4v) is 1.36. The van der Waals surface area contributed by atoms with Crippen LogP contribution in [0, 0.1) is 5.92 Å². The summed E-state index contributed by atoms with van der Waals surface area (Å²) in [5, 5.41) is 12.4. The molecule has 72 valence electrons. The van der Waals surface area contributed by atoms with Gasteiger partial charge in [0.25, 0.3) is 0 Å². The molecule has 0 amide bonds. The van der Waals surface area contributed by atoms with E-state index in [0.29, 0.717) is 12.6 Å². The van der Waals surface area contributed by atoms with E-state index in [1.807, 2.05) is 0 Å². The third-order valence-electron chi connectivity index (χ3n) is 2.21. The Hall–Kier alpha value is -0.120. The molecule has 0 aliphatic heterocycles. The molecule has 0 aromatic rings. The average molecular weight is 173 g/mol. The number of aliphatic hydroxyl groups is 1. The second-order valence-corrected chi connectivity index (χ2v) is 3.66. The number of rotatable bonds is 6. The lowest BCUT2D eigenvalue weighted by molar-refractivity contribution is 0.138. The van der Waals surface area contributed by atoms with E-state index >= 15 is 0 Å². The van der Waals surface area contributed by atoms with Crippen molar-refractivity contribution < 1.29 is 9.84 Å². The molecule has 2 atom stereocenters. The van der Waals surface area contributed by atoms with Crippen molar-refractivity contribution in [3.63, 3.8) is 0 Å². The normalized spacial score (nSPS) is 22.2. The quantitative estimate of drug-likeness (QED) is 0.610. The average Bonchev–Trinajstić information content (AvgIpc) is 2.79. The summed E-state index contributed by atoms with van der Waals surface area (Å²) in [5.41, 5.74) is 0. The van der Waals surface area contributed by atoms with Gasteiger partial charge in [-0.2, -0.15) is 0 Å². The minimum atomic E-state index is -0.261. The Kier molecular flexibility index (Phi) is 3.98. The Morgan fingerprint density at radius 2 is 2.25 bits per heavy atom. The van der Waals surface area contributed by atoms with Gasteiger partial charge in [-0.05, 0) is 25.7 Å². The first kappa shape index (κ1) is 9.96. The molecule has 3 nitrogen and oxygen atoms in total. The molecule has 0 aromatic carbocycles. The van der Waals surface area contributed by atoms with Gasteiger partial charge >= 0.3 is 0 Å². The maximum Gasteiger partial charge on any atom is 0.0636 e. The second-order valence-electron chi connectivity index (χ2n) is 3.66. The van der Waals surface area contributed by atoms with E-state index in [-0.39, 0.29) is 6.10 Å². The zero-order valence-electron chi connectivity index (χ0n) is 7.92. The van der Waals surface area contributed by atoms with Crippen molar-refractivity contribution in [2.45, 2.75) is 31.9 Å². The molecule has 0 spiro atoms. The van der Waals surface area contributed by atoms with Crippen LogP contribution < -0.4 is 5.32 Å². The molecule has 1 aliphatic carbocycles. The molecule has 2 N–H and O–H groups in total. The first-order chi connectivity index (χ1) is 5.74. The Balaban J connectivity index is 2.13. The van der Waals surface area contributed by atoms with E-state index in [0.717, 1.165) is 12.5 Å². The smallest absolute Gasteiger partial charge is 0.0636 e. The lowest BCUT2D eigenvalue weighted by atomic mass is 10.2. The van der Waals surface area contributed by atoms with Crippen LogP contribution in [0.25, 0.3) is 0 Å². The van der Waals surface area contributed by atoms with Crippen LogP contribution in [0.2, 0.25) is 0 Å². The summed E-state index contributed by atoms with van der Waals surface area (Å²) in [7, 11) is 1.72. The molecule has 1 saturated carbocycles. The summed E-state index contributed by atoms with van der Waals surface area (Å²) in [4.78, 5) is 0. The number of methoxy groups -OCH3 is 1. The molecule has 3 heteroatoms. The van der Waals surface area contributed by atoms with Gasteiger partial charge in [0.2, 0.25) is 0 Å². The van der Waals surface area contributed by atoms with Crippen LogP contribution >= 0.6 is 0 Å². The highest BCUT2D eigenvalue weighted by atomic mass is 16.5. The van der Waals surface area contributed by atoms with Gasteiger partial charge in [-0.1, -0.05) is 0 Å². The zero-order valence-corrected chi connectivity index (χ0v) is 7.92. The molecule has 1 fully saturated rings. The van der Waals surface area contributed by atoms with Crippen LogP contribution in [-0.2, 0) is 4.74 Å². The van der Waals surface area contributed by atoms with Crippen molar-refractivity contribution in [2.24, 2.45) is 5.92 Å². The van der Waals surface area contributed by atoms with E-state index in [1.165, 1.54) is 12.8 Å². The van der Waals surface area contributed by atoms with Crippen LogP contribution in [-0.4, -0.2) is 37.5 Å². The number of hydrogen-bond acceptors (Lipinski definition) is 3. The van der Waals surface area contributed by atoms with Crippen LogP contribution in [0.1, 0.15) is 19.8 Å². The van der Waals surface area contributed by atoms with Crippen molar-refractivity contribution in [2.75, 3.05) is 20.3 Å². The van der Waals surface area contributed by atoms with Crippen molar-refractivity contribution in [1.82, 2.24) is 5.32 Å². The molecule has 0 radical (unpaired) electrons. The van der Waals surface area contributed by atoms with E-state index < -0.39 is 0 Å². The topological polar surface area (TPSA) is 41.5 Å². The largest absolute Gasteiger partial charge is 0.392 e. The van der Waals surface area contributed by atoms with Crippen LogP contribution in [0.15, 0.2) is 0 Å². The first-order valence-electron chi connectivity index (χ1n) is 4.64. The molecular weight excluding hydrogens is 154 g/mol. The Morgan fingerprint density at radius 1 is 1.58 bits per heavy atom. The lowest BCUT2D eigenvalue weighted by Crippen LogP contribution is -2.39. The third-order valence-corrected chi connectivity index (χ3v) is 2.21. The van der Waals surface area contributed by atoms with Gasteiger partial charge in [0, 0.05) is 19.7 Å². The summed E-state index contributed by atoms with van der Waals surface area (Å²) in [6, 6.07) is 0.449. The van der Waals surface area contributed by atoms with Crippen molar-refractivity contribution in [3.8, 4) is 0 Å². The first-order valence-corrected chi connectivity index (χ1v) is 4.64. The third kappa shape index (κ3) is 3.52. The minimum absolute atomic E-state index is 0.261. The molecule has 0 aromatic heterocycles. The van der Waals surface area contributed by atoms with Crippen molar-refractivity contribution in [3.05, 3.63) is 0 Å². The highest BCUT2D eigenvalue weighted by Crippen LogP contribution is 2.32. The van der Waals surface area contributed by atoms with Gasteiger partial charge in [0.1, 0.15) is 0 Å².